The van der Waals surface area contributed by atoms with Gasteiger partial charge in [-0.15, -0.1) is 0 Å². The zero-order valence-electron chi connectivity index (χ0n) is 17.6. The van der Waals surface area contributed by atoms with Gasteiger partial charge in [-0.25, -0.2) is 4.98 Å². The number of aromatic nitrogens is 2. The van der Waals surface area contributed by atoms with Crippen molar-refractivity contribution in [2.45, 2.75) is 13.8 Å². The SMILES string of the molecule is Cc1ccccc1-c1cn2c(n1)c1ccccc1c1cc(-c3ccccc3)cc(C)c12. The molecule has 0 saturated heterocycles. The molecule has 2 heteroatoms. The minimum absolute atomic E-state index is 1.01. The van der Waals surface area contributed by atoms with Gasteiger partial charge in [-0.05, 0) is 53.6 Å². The van der Waals surface area contributed by atoms with E-state index in [2.05, 4.69) is 115 Å². The van der Waals surface area contributed by atoms with E-state index in [0.717, 1.165) is 11.3 Å². The topological polar surface area (TPSA) is 17.3 Å². The summed E-state index contributed by atoms with van der Waals surface area (Å²) in [4.78, 5) is 5.11. The average molecular weight is 399 g/mol. The molecule has 4 aromatic carbocycles. The van der Waals surface area contributed by atoms with Gasteiger partial charge in [0.2, 0.25) is 0 Å². The third-order valence-electron chi connectivity index (χ3n) is 6.23. The lowest BCUT2D eigenvalue weighted by Gasteiger charge is -2.13. The molecule has 0 fully saturated rings. The van der Waals surface area contributed by atoms with E-state index in [4.69, 9.17) is 4.98 Å². The minimum Gasteiger partial charge on any atom is -0.298 e. The first-order valence-corrected chi connectivity index (χ1v) is 10.7. The first-order valence-electron chi connectivity index (χ1n) is 10.7. The van der Waals surface area contributed by atoms with Crippen molar-refractivity contribution in [1.29, 1.82) is 0 Å². The second-order valence-corrected chi connectivity index (χ2v) is 8.24. The molecule has 0 atom stereocenters. The molecule has 2 nitrogen and oxygen atoms in total. The van der Waals surface area contributed by atoms with Crippen molar-refractivity contribution in [3.05, 3.63) is 108 Å². The Hall–Kier alpha value is -3.91. The van der Waals surface area contributed by atoms with Gasteiger partial charge in [0.05, 0.1) is 11.2 Å². The summed E-state index contributed by atoms with van der Waals surface area (Å²) in [6.45, 7) is 4.35. The highest BCUT2D eigenvalue weighted by molar-refractivity contribution is 6.13. The van der Waals surface area contributed by atoms with Crippen LogP contribution in [0.5, 0.6) is 0 Å². The molecule has 2 aromatic heterocycles. The quantitative estimate of drug-likeness (QED) is 0.275. The van der Waals surface area contributed by atoms with Crippen molar-refractivity contribution < 1.29 is 0 Å². The summed E-state index contributed by atoms with van der Waals surface area (Å²) >= 11 is 0. The van der Waals surface area contributed by atoms with Crippen LogP contribution in [0.2, 0.25) is 0 Å². The van der Waals surface area contributed by atoms with Crippen molar-refractivity contribution in [2.75, 3.05) is 0 Å². The molecule has 2 heterocycles. The van der Waals surface area contributed by atoms with Crippen LogP contribution in [0.3, 0.4) is 0 Å². The van der Waals surface area contributed by atoms with Crippen molar-refractivity contribution in [2.24, 2.45) is 0 Å². The normalized spacial score (nSPS) is 11.5. The second kappa shape index (κ2) is 6.82. The summed E-state index contributed by atoms with van der Waals surface area (Å²) in [7, 11) is 0. The number of hydrogen-bond acceptors (Lipinski definition) is 1. The van der Waals surface area contributed by atoms with Crippen LogP contribution in [0.25, 0.3) is 49.7 Å². The van der Waals surface area contributed by atoms with Crippen molar-refractivity contribution in [3.8, 4) is 22.4 Å². The van der Waals surface area contributed by atoms with Gasteiger partial charge in [0.25, 0.3) is 0 Å². The van der Waals surface area contributed by atoms with Crippen LogP contribution in [0.1, 0.15) is 11.1 Å². The lowest BCUT2D eigenvalue weighted by molar-refractivity contribution is 1.25. The summed E-state index contributed by atoms with van der Waals surface area (Å²) in [6.07, 6.45) is 2.20. The third kappa shape index (κ3) is 2.76. The van der Waals surface area contributed by atoms with E-state index < -0.39 is 0 Å². The van der Waals surface area contributed by atoms with Crippen LogP contribution in [0.15, 0.2) is 97.2 Å². The van der Waals surface area contributed by atoms with Gasteiger partial charge < -0.3 is 0 Å². The maximum Gasteiger partial charge on any atom is 0.145 e. The fraction of sp³-hybridized carbons (Fsp3) is 0.0690. The number of hydrogen-bond donors (Lipinski definition) is 0. The van der Waals surface area contributed by atoms with E-state index in [1.165, 1.54) is 49.5 Å². The molecule has 0 N–H and O–H groups in total. The van der Waals surface area contributed by atoms with Crippen molar-refractivity contribution in [1.82, 2.24) is 9.38 Å². The summed E-state index contributed by atoms with van der Waals surface area (Å²) in [5.41, 5.74) is 9.41. The molecule has 0 spiro atoms. The number of pyridine rings is 1. The summed E-state index contributed by atoms with van der Waals surface area (Å²) in [6, 6.07) is 32.3. The smallest absolute Gasteiger partial charge is 0.145 e. The molecule has 0 aliphatic rings. The van der Waals surface area contributed by atoms with E-state index in [0.29, 0.717) is 0 Å². The average Bonchev–Trinajstić information content (AvgIpc) is 3.25. The largest absolute Gasteiger partial charge is 0.298 e. The Balaban J connectivity index is 1.75. The number of nitrogens with zero attached hydrogens (tertiary/aromatic N) is 2. The van der Waals surface area contributed by atoms with Gasteiger partial charge >= 0.3 is 0 Å². The maximum absolute atomic E-state index is 5.11. The van der Waals surface area contributed by atoms with E-state index in [-0.39, 0.29) is 0 Å². The van der Waals surface area contributed by atoms with Crippen LogP contribution in [-0.2, 0) is 0 Å². The summed E-state index contributed by atoms with van der Waals surface area (Å²) < 4.78 is 2.28. The number of aryl methyl sites for hydroxylation is 2. The fourth-order valence-corrected chi connectivity index (χ4v) is 4.75. The standard InChI is InChI=1S/C29H22N2/c1-19-10-6-7-13-23(19)27-18-31-28-20(2)16-22(21-11-4-3-5-12-21)17-26(28)24-14-8-9-15-25(24)29(31)30-27/h3-18H,1-2H3. The van der Waals surface area contributed by atoms with Crippen LogP contribution in [0, 0.1) is 13.8 Å². The lowest BCUT2D eigenvalue weighted by atomic mass is 9.97. The Morgan fingerprint density at radius 2 is 1.32 bits per heavy atom. The van der Waals surface area contributed by atoms with Gasteiger partial charge in [-0.3, -0.25) is 4.40 Å². The number of benzene rings is 4. The van der Waals surface area contributed by atoms with Crippen LogP contribution in [0.4, 0.5) is 0 Å². The summed E-state index contributed by atoms with van der Waals surface area (Å²) in [5, 5.41) is 3.68. The highest BCUT2D eigenvalue weighted by atomic mass is 15.0. The first-order chi connectivity index (χ1) is 15.2. The van der Waals surface area contributed by atoms with E-state index in [1.807, 2.05) is 0 Å². The fourth-order valence-electron chi connectivity index (χ4n) is 4.75. The monoisotopic (exact) mass is 398 g/mol. The van der Waals surface area contributed by atoms with Crippen LogP contribution >= 0.6 is 0 Å². The first kappa shape index (κ1) is 17.9. The van der Waals surface area contributed by atoms with E-state index in [1.54, 1.807) is 0 Å². The molecule has 148 valence electrons. The Morgan fingerprint density at radius 3 is 2.13 bits per heavy atom. The zero-order chi connectivity index (χ0) is 20.9. The number of imidazole rings is 1. The van der Waals surface area contributed by atoms with E-state index >= 15 is 0 Å². The summed E-state index contributed by atoms with van der Waals surface area (Å²) in [5.74, 6) is 0. The molecule has 0 radical (unpaired) electrons. The molecule has 0 bridgehead atoms. The van der Waals surface area contributed by atoms with Gasteiger partial charge in [0.1, 0.15) is 5.65 Å². The van der Waals surface area contributed by atoms with Crippen molar-refractivity contribution >= 4 is 27.3 Å². The molecule has 6 aromatic rings. The van der Waals surface area contributed by atoms with E-state index in [9.17, 15) is 0 Å². The second-order valence-electron chi connectivity index (χ2n) is 8.24. The van der Waals surface area contributed by atoms with Gasteiger partial charge in [-0.2, -0.15) is 0 Å². The third-order valence-corrected chi connectivity index (χ3v) is 6.23. The molecular formula is C29H22N2. The van der Waals surface area contributed by atoms with Crippen LogP contribution in [-0.4, -0.2) is 9.38 Å². The maximum atomic E-state index is 5.11. The molecule has 31 heavy (non-hydrogen) atoms. The lowest BCUT2D eigenvalue weighted by Crippen LogP contribution is -1.94. The predicted octanol–water partition coefficient (Wildman–Crippen LogP) is 7.59. The Kier molecular flexibility index (Phi) is 3.94. The molecular weight excluding hydrogens is 376 g/mol. The molecule has 0 aliphatic carbocycles. The molecule has 0 amide bonds. The highest BCUT2D eigenvalue weighted by Crippen LogP contribution is 2.36. The predicted molar refractivity (Wildman–Crippen MR) is 131 cm³/mol. The molecule has 0 aliphatic heterocycles. The molecule has 6 rings (SSSR count). The minimum atomic E-state index is 1.01. The Bertz CT molecular complexity index is 1590. The van der Waals surface area contributed by atoms with Crippen LogP contribution < -0.4 is 0 Å². The van der Waals surface area contributed by atoms with Gasteiger partial charge in [0.15, 0.2) is 0 Å². The Morgan fingerprint density at radius 1 is 0.613 bits per heavy atom. The van der Waals surface area contributed by atoms with Crippen molar-refractivity contribution in [3.63, 3.8) is 0 Å². The van der Waals surface area contributed by atoms with Gasteiger partial charge in [0, 0.05) is 22.5 Å². The molecule has 0 unspecified atom stereocenters. The highest BCUT2D eigenvalue weighted by Gasteiger charge is 2.15. The zero-order valence-corrected chi connectivity index (χ0v) is 17.6. The number of rotatable bonds is 2. The van der Waals surface area contributed by atoms with Gasteiger partial charge in [-0.1, -0.05) is 78.9 Å². The Labute approximate surface area is 181 Å². The number of fused-ring (bicyclic) bond motifs is 6. The molecule has 0 saturated carbocycles.